The maximum Gasteiger partial charge on any atom is 0.0795 e. The van der Waals surface area contributed by atoms with Gasteiger partial charge in [0.2, 0.25) is 0 Å². The SMILES string of the molecule is c1ccc2c(c1)C1CC(CNCc3cscn3)C2c2ccccc21. The predicted octanol–water partition coefficient (Wildman–Crippen LogP) is 4.53. The van der Waals surface area contributed by atoms with Crippen LogP contribution in [0.15, 0.2) is 59.4 Å². The highest BCUT2D eigenvalue weighted by Crippen LogP contribution is 2.55. The van der Waals surface area contributed by atoms with Crippen molar-refractivity contribution in [3.8, 4) is 0 Å². The molecule has 2 aromatic carbocycles. The zero-order valence-electron chi connectivity index (χ0n) is 13.5. The highest BCUT2D eigenvalue weighted by atomic mass is 32.1. The minimum absolute atomic E-state index is 0.533. The third-order valence-electron chi connectivity index (χ3n) is 5.62. The molecule has 24 heavy (non-hydrogen) atoms. The van der Waals surface area contributed by atoms with Crippen LogP contribution in [0.4, 0.5) is 0 Å². The van der Waals surface area contributed by atoms with Crippen molar-refractivity contribution in [3.63, 3.8) is 0 Å². The van der Waals surface area contributed by atoms with E-state index in [1.807, 2.05) is 5.51 Å². The van der Waals surface area contributed by atoms with E-state index in [0.717, 1.165) is 18.8 Å². The van der Waals surface area contributed by atoms with Crippen molar-refractivity contribution in [3.05, 3.63) is 87.4 Å². The van der Waals surface area contributed by atoms with Gasteiger partial charge >= 0.3 is 0 Å². The maximum absolute atomic E-state index is 4.37. The van der Waals surface area contributed by atoms with E-state index in [0.29, 0.717) is 17.8 Å². The lowest BCUT2D eigenvalue weighted by atomic mass is 9.59. The van der Waals surface area contributed by atoms with Crippen molar-refractivity contribution in [2.45, 2.75) is 24.8 Å². The molecule has 0 saturated heterocycles. The van der Waals surface area contributed by atoms with Crippen molar-refractivity contribution in [1.29, 1.82) is 0 Å². The van der Waals surface area contributed by atoms with Crippen LogP contribution in [-0.2, 0) is 6.54 Å². The smallest absolute Gasteiger partial charge is 0.0795 e. The van der Waals surface area contributed by atoms with Gasteiger partial charge in [0.15, 0.2) is 0 Å². The number of fused-ring (bicyclic) bond motifs is 1. The summed E-state index contributed by atoms with van der Waals surface area (Å²) in [4.78, 5) is 4.37. The zero-order chi connectivity index (χ0) is 15.9. The summed E-state index contributed by atoms with van der Waals surface area (Å²) in [5.74, 6) is 1.76. The van der Waals surface area contributed by atoms with Crippen LogP contribution in [0.5, 0.6) is 0 Å². The molecule has 1 N–H and O–H groups in total. The molecule has 1 heterocycles. The summed E-state index contributed by atoms with van der Waals surface area (Å²) >= 11 is 1.67. The van der Waals surface area contributed by atoms with E-state index < -0.39 is 0 Å². The zero-order valence-corrected chi connectivity index (χ0v) is 14.3. The summed E-state index contributed by atoms with van der Waals surface area (Å²) in [6, 6.07) is 18.1. The molecular weight excluding hydrogens is 312 g/mol. The first-order chi connectivity index (χ1) is 11.9. The van der Waals surface area contributed by atoms with Gasteiger partial charge in [-0.3, -0.25) is 0 Å². The quantitative estimate of drug-likeness (QED) is 0.759. The minimum atomic E-state index is 0.533. The highest BCUT2D eigenvalue weighted by Gasteiger charge is 2.42. The number of benzene rings is 2. The lowest BCUT2D eigenvalue weighted by molar-refractivity contribution is 0.338. The molecule has 0 amide bonds. The standard InChI is InChI=1S/C21H20N2S/c1-3-7-18-16(5-1)20-9-14(10-22-11-15-12-24-13-23-15)21(18)19-8-4-2-6-17(19)20/h1-8,12-14,20-22H,9-11H2. The average Bonchev–Trinajstić information content (AvgIpc) is 3.15. The first-order valence-corrected chi connectivity index (χ1v) is 9.61. The van der Waals surface area contributed by atoms with Gasteiger partial charge in [-0.15, -0.1) is 11.3 Å². The van der Waals surface area contributed by atoms with Crippen LogP contribution in [0.3, 0.4) is 0 Å². The molecule has 0 aliphatic heterocycles. The molecule has 120 valence electrons. The van der Waals surface area contributed by atoms with Crippen molar-refractivity contribution in [1.82, 2.24) is 10.3 Å². The number of hydrogen-bond acceptors (Lipinski definition) is 3. The van der Waals surface area contributed by atoms with Gasteiger partial charge in [0.25, 0.3) is 0 Å². The topological polar surface area (TPSA) is 24.9 Å². The molecule has 1 unspecified atom stereocenters. The lowest BCUT2D eigenvalue weighted by Crippen LogP contribution is -2.37. The molecule has 3 aliphatic carbocycles. The number of aromatic nitrogens is 1. The number of nitrogens with one attached hydrogen (secondary N) is 1. The van der Waals surface area contributed by atoms with Gasteiger partial charge in [0.1, 0.15) is 0 Å². The van der Waals surface area contributed by atoms with Gasteiger partial charge in [-0.05, 0) is 41.1 Å². The molecule has 0 spiro atoms. The van der Waals surface area contributed by atoms with Gasteiger partial charge in [-0.1, -0.05) is 48.5 Å². The Bertz CT molecular complexity index is 808. The van der Waals surface area contributed by atoms with Gasteiger partial charge in [0.05, 0.1) is 11.2 Å². The van der Waals surface area contributed by atoms with Crippen molar-refractivity contribution in [2.24, 2.45) is 5.92 Å². The molecule has 0 fully saturated rings. The fourth-order valence-corrected chi connectivity index (χ4v) is 5.23. The van der Waals surface area contributed by atoms with E-state index in [4.69, 9.17) is 0 Å². The Morgan fingerprint density at radius 2 is 1.62 bits per heavy atom. The van der Waals surface area contributed by atoms with Crippen LogP contribution in [0, 0.1) is 5.92 Å². The van der Waals surface area contributed by atoms with Crippen LogP contribution >= 0.6 is 11.3 Å². The second kappa shape index (κ2) is 5.83. The summed E-state index contributed by atoms with van der Waals surface area (Å²) < 4.78 is 0. The van der Waals surface area contributed by atoms with E-state index >= 15 is 0 Å². The van der Waals surface area contributed by atoms with Crippen LogP contribution < -0.4 is 5.32 Å². The lowest BCUT2D eigenvalue weighted by Gasteiger charge is -2.45. The Kier molecular flexibility index (Phi) is 3.50. The molecule has 2 bridgehead atoms. The van der Waals surface area contributed by atoms with Crippen molar-refractivity contribution >= 4 is 11.3 Å². The molecule has 1 aromatic heterocycles. The van der Waals surface area contributed by atoms with E-state index in [1.54, 1.807) is 33.6 Å². The number of thiazole rings is 1. The monoisotopic (exact) mass is 332 g/mol. The number of nitrogens with zero attached hydrogens (tertiary/aromatic N) is 1. The molecule has 1 atom stereocenters. The maximum atomic E-state index is 4.37. The van der Waals surface area contributed by atoms with Gasteiger partial charge in [-0.25, -0.2) is 4.98 Å². The molecule has 3 heteroatoms. The molecule has 2 nitrogen and oxygen atoms in total. The molecule has 6 rings (SSSR count). The van der Waals surface area contributed by atoms with Crippen molar-refractivity contribution in [2.75, 3.05) is 6.54 Å². The summed E-state index contributed by atoms with van der Waals surface area (Å²) in [6.45, 7) is 1.93. The summed E-state index contributed by atoms with van der Waals surface area (Å²) in [7, 11) is 0. The van der Waals surface area contributed by atoms with Gasteiger partial charge in [0, 0.05) is 23.8 Å². The molecule has 0 radical (unpaired) electrons. The summed E-state index contributed by atoms with van der Waals surface area (Å²) in [5.41, 5.74) is 9.27. The Morgan fingerprint density at radius 3 is 2.25 bits per heavy atom. The summed E-state index contributed by atoms with van der Waals surface area (Å²) in [5, 5.41) is 5.78. The summed E-state index contributed by atoms with van der Waals surface area (Å²) in [6.07, 6.45) is 1.25. The van der Waals surface area contributed by atoms with Crippen LogP contribution in [-0.4, -0.2) is 11.5 Å². The van der Waals surface area contributed by atoms with E-state index in [1.165, 1.54) is 6.42 Å². The van der Waals surface area contributed by atoms with E-state index in [9.17, 15) is 0 Å². The molecule has 3 aromatic rings. The number of hydrogen-bond donors (Lipinski definition) is 1. The van der Waals surface area contributed by atoms with Crippen LogP contribution in [0.1, 0.15) is 46.2 Å². The molecule has 0 saturated carbocycles. The van der Waals surface area contributed by atoms with Crippen molar-refractivity contribution < 1.29 is 0 Å². The fourth-order valence-electron chi connectivity index (χ4n) is 4.67. The Morgan fingerprint density at radius 1 is 0.958 bits per heavy atom. The Labute approximate surface area is 146 Å². The Balaban J connectivity index is 1.45. The largest absolute Gasteiger partial charge is 0.311 e. The fraction of sp³-hybridized carbons (Fsp3) is 0.286. The highest BCUT2D eigenvalue weighted by molar-refractivity contribution is 7.07. The first-order valence-electron chi connectivity index (χ1n) is 8.67. The predicted molar refractivity (Wildman–Crippen MR) is 98.5 cm³/mol. The van der Waals surface area contributed by atoms with Gasteiger partial charge < -0.3 is 5.32 Å². The van der Waals surface area contributed by atoms with Crippen LogP contribution in [0.2, 0.25) is 0 Å². The molecular formula is C21H20N2S. The Hall–Kier alpha value is -1.97. The average molecular weight is 332 g/mol. The third kappa shape index (κ3) is 2.23. The second-order valence-corrected chi connectivity index (χ2v) is 7.61. The normalized spacial score (nSPS) is 23.8. The van der Waals surface area contributed by atoms with E-state index in [-0.39, 0.29) is 0 Å². The number of rotatable bonds is 4. The first kappa shape index (κ1) is 14.4. The second-order valence-electron chi connectivity index (χ2n) is 6.89. The van der Waals surface area contributed by atoms with Gasteiger partial charge in [-0.2, -0.15) is 0 Å². The third-order valence-corrected chi connectivity index (χ3v) is 6.25. The molecule has 3 aliphatic rings. The van der Waals surface area contributed by atoms with E-state index in [2.05, 4.69) is 64.2 Å². The van der Waals surface area contributed by atoms with Crippen LogP contribution in [0.25, 0.3) is 0 Å². The minimum Gasteiger partial charge on any atom is -0.311 e.